The van der Waals surface area contributed by atoms with Gasteiger partial charge in [-0.1, -0.05) is 31.0 Å². The number of nitrogens with zero attached hydrogens (tertiary/aromatic N) is 1. The molecule has 1 saturated carbocycles. The summed E-state index contributed by atoms with van der Waals surface area (Å²) in [5.41, 5.74) is 1.55. The number of methoxy groups -OCH3 is 1. The third-order valence-corrected chi connectivity index (χ3v) is 10.0. The first kappa shape index (κ1) is 26.0. The summed E-state index contributed by atoms with van der Waals surface area (Å²) in [6.45, 7) is 1.11. The van der Waals surface area contributed by atoms with Gasteiger partial charge in [0, 0.05) is 31.5 Å². The molecular formula is C29H38N2O5S. The Kier molecular flexibility index (Phi) is 7.77. The highest BCUT2D eigenvalue weighted by molar-refractivity contribution is 7.89. The quantitative estimate of drug-likeness (QED) is 0.540. The summed E-state index contributed by atoms with van der Waals surface area (Å²) in [5, 5.41) is 3.26. The predicted octanol–water partition coefficient (Wildman–Crippen LogP) is 5.15. The van der Waals surface area contributed by atoms with Crippen molar-refractivity contribution in [2.75, 3.05) is 20.2 Å². The molecule has 1 N–H and O–H groups in total. The molecule has 2 aromatic rings. The van der Waals surface area contributed by atoms with Crippen LogP contribution in [0, 0.1) is 0 Å². The second-order valence-corrected chi connectivity index (χ2v) is 12.6. The highest BCUT2D eigenvalue weighted by Gasteiger charge is 2.42. The minimum atomic E-state index is -3.56. The van der Waals surface area contributed by atoms with Crippen molar-refractivity contribution in [3.8, 4) is 11.5 Å². The number of fused-ring (bicyclic) bond motifs is 1. The van der Waals surface area contributed by atoms with E-state index in [1.165, 1.54) is 6.42 Å². The highest BCUT2D eigenvalue weighted by atomic mass is 32.2. The maximum atomic E-state index is 13.2. The van der Waals surface area contributed by atoms with Gasteiger partial charge in [-0.2, -0.15) is 4.31 Å². The van der Waals surface area contributed by atoms with Crippen LogP contribution in [0.1, 0.15) is 81.4 Å². The number of benzene rings is 2. The van der Waals surface area contributed by atoms with Crippen LogP contribution in [-0.2, 0) is 21.2 Å². The Balaban J connectivity index is 1.29. The first-order chi connectivity index (χ1) is 17.9. The summed E-state index contributed by atoms with van der Waals surface area (Å²) >= 11 is 0. The largest absolute Gasteiger partial charge is 0.496 e. The summed E-state index contributed by atoms with van der Waals surface area (Å²) in [4.78, 5) is 13.4. The maximum Gasteiger partial charge on any atom is 0.243 e. The molecule has 1 saturated heterocycles. The summed E-state index contributed by atoms with van der Waals surface area (Å²) < 4.78 is 40.0. The average molecular weight is 527 g/mol. The molecule has 2 heterocycles. The van der Waals surface area contributed by atoms with Crippen molar-refractivity contribution in [2.24, 2.45) is 0 Å². The Morgan fingerprint density at radius 3 is 2.54 bits per heavy atom. The van der Waals surface area contributed by atoms with Gasteiger partial charge in [-0.15, -0.1) is 0 Å². The second-order valence-electron chi connectivity index (χ2n) is 10.6. The Bertz CT molecular complexity index is 1220. The van der Waals surface area contributed by atoms with Crippen molar-refractivity contribution in [1.82, 2.24) is 9.62 Å². The van der Waals surface area contributed by atoms with Crippen molar-refractivity contribution in [3.05, 3.63) is 53.6 Å². The number of ether oxygens (including phenoxy) is 2. The molecule has 5 rings (SSSR count). The lowest BCUT2D eigenvalue weighted by Crippen LogP contribution is -2.46. The van der Waals surface area contributed by atoms with Crippen LogP contribution in [0.4, 0.5) is 0 Å². The van der Waals surface area contributed by atoms with Crippen molar-refractivity contribution < 1.29 is 22.7 Å². The molecule has 1 atom stereocenters. The fourth-order valence-electron chi connectivity index (χ4n) is 6.13. The Labute approximate surface area is 220 Å². The summed E-state index contributed by atoms with van der Waals surface area (Å²) in [6.07, 6.45) is 9.84. The number of carbonyl (C=O) groups is 1. The zero-order chi connectivity index (χ0) is 25.9. The van der Waals surface area contributed by atoms with E-state index in [9.17, 15) is 13.2 Å². The van der Waals surface area contributed by atoms with Gasteiger partial charge in [-0.05, 0) is 74.8 Å². The number of hydrogen-bond donors (Lipinski definition) is 1. The fraction of sp³-hybridized carbons (Fsp3) is 0.552. The molecule has 2 aromatic carbocycles. The van der Waals surface area contributed by atoms with Gasteiger partial charge < -0.3 is 14.8 Å². The van der Waals surface area contributed by atoms with Crippen LogP contribution in [0.15, 0.2) is 47.4 Å². The Morgan fingerprint density at radius 2 is 1.78 bits per heavy atom. The van der Waals surface area contributed by atoms with Gasteiger partial charge in [0.1, 0.15) is 17.1 Å². The molecule has 1 aliphatic carbocycles. The molecule has 0 radical (unpaired) electrons. The number of aryl methyl sites for hydroxylation is 1. The minimum Gasteiger partial charge on any atom is -0.496 e. The number of nitrogens with one attached hydrogen (secondary N) is 1. The number of carbonyl (C=O) groups excluding carboxylic acids is 1. The summed E-state index contributed by atoms with van der Waals surface area (Å²) in [6, 6.07) is 12.9. The van der Waals surface area contributed by atoms with Gasteiger partial charge in [0.05, 0.1) is 18.0 Å². The van der Waals surface area contributed by atoms with Crippen LogP contribution in [-0.4, -0.2) is 44.4 Å². The zero-order valence-electron chi connectivity index (χ0n) is 21.7. The monoisotopic (exact) mass is 526 g/mol. The number of amides is 1. The summed E-state index contributed by atoms with van der Waals surface area (Å²) in [7, 11) is -1.99. The van der Waals surface area contributed by atoms with Crippen molar-refractivity contribution in [2.45, 2.75) is 87.2 Å². The van der Waals surface area contributed by atoms with E-state index < -0.39 is 10.0 Å². The van der Waals surface area contributed by atoms with Crippen LogP contribution in [0.5, 0.6) is 11.5 Å². The van der Waals surface area contributed by atoms with Crippen molar-refractivity contribution in [3.63, 3.8) is 0 Å². The SMILES string of the molecule is COc1ccc(S(=O)(=O)N2CCCCC2)cc1CCC(=O)NC1CC2(CCCCC2)Oc2ccccc21. The van der Waals surface area contributed by atoms with Gasteiger partial charge in [0.2, 0.25) is 15.9 Å². The average Bonchev–Trinajstić information content (AvgIpc) is 2.92. The first-order valence-electron chi connectivity index (χ1n) is 13.6. The molecule has 2 aliphatic heterocycles. The number of piperidine rings is 1. The Morgan fingerprint density at radius 1 is 1.05 bits per heavy atom. The van der Waals surface area contributed by atoms with Crippen LogP contribution < -0.4 is 14.8 Å². The van der Waals surface area contributed by atoms with E-state index in [1.807, 2.05) is 24.3 Å². The lowest BCUT2D eigenvalue weighted by molar-refractivity contribution is -0.122. The van der Waals surface area contributed by atoms with Crippen LogP contribution in [0.25, 0.3) is 0 Å². The van der Waals surface area contributed by atoms with Crippen LogP contribution >= 0.6 is 0 Å². The molecule has 7 nitrogen and oxygen atoms in total. The van der Waals surface area contributed by atoms with Crippen molar-refractivity contribution >= 4 is 15.9 Å². The number of rotatable bonds is 7. The van der Waals surface area contributed by atoms with E-state index in [4.69, 9.17) is 9.47 Å². The molecule has 8 heteroatoms. The van der Waals surface area contributed by atoms with E-state index >= 15 is 0 Å². The highest BCUT2D eigenvalue weighted by Crippen LogP contribution is 2.46. The number of sulfonamides is 1. The van der Waals surface area contributed by atoms with Crippen LogP contribution in [0.3, 0.4) is 0 Å². The number of hydrogen-bond acceptors (Lipinski definition) is 5. The minimum absolute atomic E-state index is 0.0565. The lowest BCUT2D eigenvalue weighted by Gasteiger charge is -2.44. The predicted molar refractivity (Wildman–Crippen MR) is 142 cm³/mol. The standard InChI is InChI=1S/C29H38N2O5S/c1-35-26-14-13-23(37(33,34)31-18-8-3-9-19-31)20-22(26)12-15-28(32)30-25-21-29(16-6-2-7-17-29)36-27-11-5-4-10-24(25)27/h4-5,10-11,13-14,20,25H,2-3,6-9,12,15-19,21H2,1H3,(H,30,32). The van der Waals surface area contributed by atoms with Gasteiger partial charge >= 0.3 is 0 Å². The van der Waals surface area contributed by atoms with E-state index in [0.717, 1.165) is 68.2 Å². The topological polar surface area (TPSA) is 84.9 Å². The van der Waals surface area contributed by atoms with Crippen LogP contribution in [0.2, 0.25) is 0 Å². The second kappa shape index (κ2) is 11.0. The van der Waals surface area contributed by atoms with Gasteiger partial charge in [0.15, 0.2) is 0 Å². The van der Waals surface area contributed by atoms with E-state index in [-0.39, 0.29) is 28.9 Å². The van der Waals surface area contributed by atoms with E-state index in [2.05, 4.69) is 5.32 Å². The van der Waals surface area contributed by atoms with Crippen molar-refractivity contribution in [1.29, 1.82) is 0 Å². The molecule has 1 amide bonds. The lowest BCUT2D eigenvalue weighted by atomic mass is 9.77. The van der Waals surface area contributed by atoms with Gasteiger partial charge in [0.25, 0.3) is 0 Å². The molecule has 200 valence electrons. The zero-order valence-corrected chi connectivity index (χ0v) is 22.5. The fourth-order valence-corrected chi connectivity index (χ4v) is 7.70. The summed E-state index contributed by atoms with van der Waals surface area (Å²) in [5.74, 6) is 1.42. The first-order valence-corrected chi connectivity index (χ1v) is 15.1. The third-order valence-electron chi connectivity index (χ3n) is 8.12. The smallest absolute Gasteiger partial charge is 0.243 e. The molecule has 1 spiro atoms. The molecule has 0 aromatic heterocycles. The molecule has 0 bridgehead atoms. The maximum absolute atomic E-state index is 13.2. The normalized spacial score (nSPS) is 21.6. The molecule has 37 heavy (non-hydrogen) atoms. The van der Waals surface area contributed by atoms with E-state index in [0.29, 0.717) is 25.3 Å². The van der Waals surface area contributed by atoms with E-state index in [1.54, 1.807) is 29.6 Å². The Hall–Kier alpha value is -2.58. The number of para-hydroxylation sites is 1. The molecular weight excluding hydrogens is 488 g/mol. The molecule has 1 unspecified atom stereocenters. The third kappa shape index (κ3) is 5.65. The van der Waals surface area contributed by atoms with Gasteiger partial charge in [-0.25, -0.2) is 8.42 Å². The molecule has 2 fully saturated rings. The molecule has 3 aliphatic rings. The van der Waals surface area contributed by atoms with Gasteiger partial charge in [-0.3, -0.25) is 4.79 Å².